The van der Waals surface area contributed by atoms with Gasteiger partial charge >= 0.3 is 0 Å². The van der Waals surface area contributed by atoms with Gasteiger partial charge in [0.05, 0.1) is 6.07 Å². The van der Waals surface area contributed by atoms with Gasteiger partial charge in [0.1, 0.15) is 0 Å². The molecule has 18 heavy (non-hydrogen) atoms. The van der Waals surface area contributed by atoms with Crippen LogP contribution in [0.3, 0.4) is 0 Å². The fourth-order valence-electron chi connectivity index (χ4n) is 2.09. The zero-order valence-corrected chi connectivity index (χ0v) is 12.0. The molecule has 0 fully saturated rings. The SMILES string of the molecule is Cc1ccccc1C(C)NCC(C)(C)CCC#N. The van der Waals surface area contributed by atoms with Crippen LogP contribution in [0.15, 0.2) is 24.3 Å². The molecule has 0 saturated heterocycles. The van der Waals surface area contributed by atoms with Crippen molar-refractivity contribution in [1.29, 1.82) is 5.26 Å². The lowest BCUT2D eigenvalue weighted by Crippen LogP contribution is -2.31. The molecule has 1 rings (SSSR count). The van der Waals surface area contributed by atoms with Crippen LogP contribution in [0.4, 0.5) is 0 Å². The van der Waals surface area contributed by atoms with Crippen LogP contribution in [0.5, 0.6) is 0 Å². The maximum atomic E-state index is 8.65. The lowest BCUT2D eigenvalue weighted by molar-refractivity contribution is 0.304. The van der Waals surface area contributed by atoms with Gasteiger partial charge in [-0.15, -0.1) is 0 Å². The molecule has 1 unspecified atom stereocenters. The molecule has 0 aromatic heterocycles. The van der Waals surface area contributed by atoms with Crippen molar-refractivity contribution in [2.75, 3.05) is 6.54 Å². The third kappa shape index (κ3) is 4.50. The summed E-state index contributed by atoms with van der Waals surface area (Å²) in [5.41, 5.74) is 2.85. The quantitative estimate of drug-likeness (QED) is 0.821. The highest BCUT2D eigenvalue weighted by Gasteiger charge is 2.18. The van der Waals surface area contributed by atoms with E-state index in [4.69, 9.17) is 5.26 Å². The van der Waals surface area contributed by atoms with Gasteiger partial charge in [0.2, 0.25) is 0 Å². The second-order valence-corrected chi connectivity index (χ2v) is 5.78. The van der Waals surface area contributed by atoms with Gasteiger partial charge in [-0.3, -0.25) is 0 Å². The third-order valence-corrected chi connectivity index (χ3v) is 3.46. The Labute approximate surface area is 111 Å². The van der Waals surface area contributed by atoms with Gasteiger partial charge in [0.15, 0.2) is 0 Å². The van der Waals surface area contributed by atoms with E-state index >= 15 is 0 Å². The highest BCUT2D eigenvalue weighted by atomic mass is 14.9. The highest BCUT2D eigenvalue weighted by Crippen LogP contribution is 2.23. The van der Waals surface area contributed by atoms with Crippen molar-refractivity contribution in [3.8, 4) is 6.07 Å². The van der Waals surface area contributed by atoms with E-state index < -0.39 is 0 Å². The maximum absolute atomic E-state index is 8.65. The van der Waals surface area contributed by atoms with Crippen molar-refractivity contribution in [2.24, 2.45) is 5.41 Å². The van der Waals surface area contributed by atoms with Crippen molar-refractivity contribution in [1.82, 2.24) is 5.32 Å². The van der Waals surface area contributed by atoms with Crippen LogP contribution in [-0.4, -0.2) is 6.54 Å². The minimum Gasteiger partial charge on any atom is -0.310 e. The predicted octanol–water partition coefficient (Wildman–Crippen LogP) is 3.98. The summed E-state index contributed by atoms with van der Waals surface area (Å²) in [5, 5.41) is 12.2. The van der Waals surface area contributed by atoms with Crippen molar-refractivity contribution < 1.29 is 0 Å². The monoisotopic (exact) mass is 244 g/mol. The summed E-state index contributed by atoms with van der Waals surface area (Å²) in [5.74, 6) is 0. The molecule has 0 radical (unpaired) electrons. The minimum absolute atomic E-state index is 0.173. The molecule has 0 spiro atoms. The summed E-state index contributed by atoms with van der Waals surface area (Å²) in [6.07, 6.45) is 1.57. The molecule has 0 bridgehead atoms. The number of hydrogen-bond acceptors (Lipinski definition) is 2. The first kappa shape index (κ1) is 14.7. The van der Waals surface area contributed by atoms with Crippen LogP contribution in [0.1, 0.15) is 50.8 Å². The first-order chi connectivity index (χ1) is 8.46. The molecule has 0 saturated carbocycles. The largest absolute Gasteiger partial charge is 0.310 e. The topological polar surface area (TPSA) is 35.8 Å². The van der Waals surface area contributed by atoms with E-state index in [1.54, 1.807) is 0 Å². The smallest absolute Gasteiger partial charge is 0.0621 e. The number of hydrogen-bond donors (Lipinski definition) is 1. The van der Waals surface area contributed by atoms with Gasteiger partial charge < -0.3 is 5.32 Å². The number of nitrogens with zero attached hydrogens (tertiary/aromatic N) is 1. The normalized spacial score (nSPS) is 13.1. The molecule has 1 atom stereocenters. The molecule has 1 aromatic carbocycles. The summed E-state index contributed by atoms with van der Waals surface area (Å²) in [6, 6.07) is 11.1. The summed E-state index contributed by atoms with van der Waals surface area (Å²) in [6.45, 7) is 9.70. The molecule has 98 valence electrons. The predicted molar refractivity (Wildman–Crippen MR) is 76.2 cm³/mol. The number of nitriles is 1. The van der Waals surface area contributed by atoms with Crippen LogP contribution >= 0.6 is 0 Å². The van der Waals surface area contributed by atoms with Crippen molar-refractivity contribution in [2.45, 2.75) is 46.6 Å². The fraction of sp³-hybridized carbons (Fsp3) is 0.562. The zero-order valence-electron chi connectivity index (χ0n) is 12.0. The molecule has 0 amide bonds. The molecule has 0 heterocycles. The Morgan fingerprint density at radius 1 is 1.33 bits per heavy atom. The van der Waals surface area contributed by atoms with Crippen LogP contribution in [-0.2, 0) is 0 Å². The first-order valence-corrected chi connectivity index (χ1v) is 6.62. The van der Waals surface area contributed by atoms with Crippen LogP contribution in [0, 0.1) is 23.7 Å². The average molecular weight is 244 g/mol. The third-order valence-electron chi connectivity index (χ3n) is 3.46. The Balaban J connectivity index is 2.54. The van der Waals surface area contributed by atoms with E-state index in [9.17, 15) is 0 Å². The average Bonchev–Trinajstić information content (AvgIpc) is 2.34. The van der Waals surface area contributed by atoms with E-state index in [1.165, 1.54) is 11.1 Å². The maximum Gasteiger partial charge on any atom is 0.0621 e. The summed E-state index contributed by atoms with van der Waals surface area (Å²) in [4.78, 5) is 0. The molecular formula is C16H24N2. The van der Waals surface area contributed by atoms with E-state index in [0.29, 0.717) is 12.5 Å². The fourth-order valence-corrected chi connectivity index (χ4v) is 2.09. The van der Waals surface area contributed by atoms with Gasteiger partial charge in [-0.25, -0.2) is 0 Å². The van der Waals surface area contributed by atoms with Gasteiger partial charge in [-0.2, -0.15) is 5.26 Å². The van der Waals surface area contributed by atoms with Crippen LogP contribution < -0.4 is 5.32 Å². The van der Waals surface area contributed by atoms with Crippen LogP contribution in [0.2, 0.25) is 0 Å². The summed E-state index contributed by atoms with van der Waals surface area (Å²) in [7, 11) is 0. The molecule has 2 heteroatoms. The van der Waals surface area contributed by atoms with E-state index in [-0.39, 0.29) is 5.41 Å². The number of aryl methyl sites for hydroxylation is 1. The number of benzene rings is 1. The Morgan fingerprint density at radius 3 is 2.61 bits per heavy atom. The second-order valence-electron chi connectivity index (χ2n) is 5.78. The van der Waals surface area contributed by atoms with E-state index in [0.717, 1.165) is 13.0 Å². The Bertz CT molecular complexity index is 415. The van der Waals surface area contributed by atoms with Gasteiger partial charge in [0, 0.05) is 19.0 Å². The molecule has 0 aliphatic carbocycles. The van der Waals surface area contributed by atoms with Crippen molar-refractivity contribution >= 4 is 0 Å². The van der Waals surface area contributed by atoms with Crippen molar-refractivity contribution in [3.05, 3.63) is 35.4 Å². The Hall–Kier alpha value is -1.33. The minimum atomic E-state index is 0.173. The number of nitrogens with one attached hydrogen (secondary N) is 1. The molecule has 0 aliphatic rings. The molecule has 2 nitrogen and oxygen atoms in total. The van der Waals surface area contributed by atoms with E-state index in [2.05, 4.69) is 63.3 Å². The van der Waals surface area contributed by atoms with Gasteiger partial charge in [0.25, 0.3) is 0 Å². The molecule has 0 aliphatic heterocycles. The zero-order chi connectivity index (χ0) is 13.6. The Kier molecular flexibility index (Phi) is 5.37. The Morgan fingerprint density at radius 2 is 2.00 bits per heavy atom. The molecule has 1 N–H and O–H groups in total. The highest BCUT2D eigenvalue weighted by molar-refractivity contribution is 5.28. The van der Waals surface area contributed by atoms with Crippen LogP contribution in [0.25, 0.3) is 0 Å². The lowest BCUT2D eigenvalue weighted by atomic mass is 9.87. The van der Waals surface area contributed by atoms with Gasteiger partial charge in [-0.1, -0.05) is 38.1 Å². The van der Waals surface area contributed by atoms with Crippen molar-refractivity contribution in [3.63, 3.8) is 0 Å². The lowest BCUT2D eigenvalue weighted by Gasteiger charge is -2.27. The first-order valence-electron chi connectivity index (χ1n) is 6.62. The summed E-state index contributed by atoms with van der Waals surface area (Å²) >= 11 is 0. The van der Waals surface area contributed by atoms with Gasteiger partial charge in [-0.05, 0) is 36.8 Å². The summed E-state index contributed by atoms with van der Waals surface area (Å²) < 4.78 is 0. The standard InChI is InChI=1S/C16H24N2/c1-13-8-5-6-9-15(13)14(2)18-12-16(3,4)10-7-11-17/h5-6,8-9,14,18H,7,10,12H2,1-4H3. The molecular weight excluding hydrogens is 220 g/mol. The number of rotatable bonds is 6. The molecule has 1 aromatic rings. The van der Waals surface area contributed by atoms with E-state index in [1.807, 2.05) is 0 Å². The second kappa shape index (κ2) is 6.56.